The van der Waals surface area contributed by atoms with E-state index in [0.717, 1.165) is 18.9 Å². The molecule has 1 aliphatic heterocycles. The number of hydrogen-bond acceptors (Lipinski definition) is 3. The average Bonchev–Trinajstić information content (AvgIpc) is 2.23. The highest BCUT2D eigenvalue weighted by Crippen LogP contribution is 2.41. The van der Waals surface area contributed by atoms with Crippen LogP contribution in [-0.4, -0.2) is 24.7 Å². The quantitative estimate of drug-likeness (QED) is 0.838. The van der Waals surface area contributed by atoms with Crippen molar-refractivity contribution in [1.29, 1.82) is 0 Å². The number of hydrogen-bond donors (Lipinski definition) is 1. The molecule has 0 radical (unpaired) electrons. The zero-order valence-corrected chi connectivity index (χ0v) is 10.0. The van der Waals surface area contributed by atoms with Crippen molar-refractivity contribution < 1.29 is 4.74 Å². The van der Waals surface area contributed by atoms with E-state index in [1.807, 2.05) is 18.3 Å². The summed E-state index contributed by atoms with van der Waals surface area (Å²) in [6.45, 7) is 6.65. The molecule has 3 nitrogen and oxygen atoms in total. The highest BCUT2D eigenvalue weighted by atomic mass is 16.5. The van der Waals surface area contributed by atoms with Gasteiger partial charge in [0.05, 0.1) is 24.3 Å². The molecule has 2 N–H and O–H groups in total. The fourth-order valence-electron chi connectivity index (χ4n) is 2.67. The smallest absolute Gasteiger partial charge is 0.0635 e. The van der Waals surface area contributed by atoms with Gasteiger partial charge in [0.1, 0.15) is 0 Å². The van der Waals surface area contributed by atoms with Gasteiger partial charge in [-0.25, -0.2) is 0 Å². The molecule has 88 valence electrons. The van der Waals surface area contributed by atoms with Crippen molar-refractivity contribution in [3.05, 3.63) is 30.1 Å². The Kier molecular flexibility index (Phi) is 3.26. The van der Waals surface area contributed by atoms with Crippen molar-refractivity contribution >= 4 is 0 Å². The van der Waals surface area contributed by atoms with Crippen LogP contribution in [0, 0.1) is 11.8 Å². The van der Waals surface area contributed by atoms with Crippen LogP contribution in [0.5, 0.6) is 0 Å². The molecule has 2 heterocycles. The number of nitrogens with zero attached hydrogens (tertiary/aromatic N) is 1. The molecule has 0 spiro atoms. The topological polar surface area (TPSA) is 48.1 Å². The van der Waals surface area contributed by atoms with E-state index in [1.54, 1.807) is 0 Å². The first-order valence-electron chi connectivity index (χ1n) is 5.90. The molecule has 1 saturated heterocycles. The lowest BCUT2D eigenvalue weighted by Gasteiger charge is -2.48. The molecule has 1 atom stereocenters. The van der Waals surface area contributed by atoms with Crippen LogP contribution in [0.1, 0.15) is 19.5 Å². The molecule has 2 rings (SSSR count). The maximum absolute atomic E-state index is 5.92. The van der Waals surface area contributed by atoms with Crippen molar-refractivity contribution in [2.45, 2.75) is 19.3 Å². The summed E-state index contributed by atoms with van der Waals surface area (Å²) >= 11 is 0. The average molecular weight is 220 g/mol. The maximum atomic E-state index is 5.92. The van der Waals surface area contributed by atoms with Crippen molar-refractivity contribution in [3.8, 4) is 0 Å². The van der Waals surface area contributed by atoms with Gasteiger partial charge >= 0.3 is 0 Å². The Hall–Kier alpha value is -0.930. The number of pyridine rings is 1. The molecule has 0 amide bonds. The Balaban J connectivity index is 2.32. The lowest BCUT2D eigenvalue weighted by atomic mass is 9.66. The predicted octanol–water partition coefficient (Wildman–Crippen LogP) is 1.58. The van der Waals surface area contributed by atoms with Crippen molar-refractivity contribution in [2.24, 2.45) is 17.6 Å². The van der Waals surface area contributed by atoms with Gasteiger partial charge in [0, 0.05) is 6.20 Å². The van der Waals surface area contributed by atoms with Crippen molar-refractivity contribution in [2.75, 3.05) is 19.8 Å². The summed E-state index contributed by atoms with van der Waals surface area (Å²) in [5, 5.41) is 0. The molecule has 0 aromatic carbocycles. The molecular weight excluding hydrogens is 200 g/mol. The molecule has 0 aliphatic carbocycles. The summed E-state index contributed by atoms with van der Waals surface area (Å²) in [7, 11) is 0. The molecule has 1 aromatic rings. The van der Waals surface area contributed by atoms with E-state index in [0.29, 0.717) is 18.4 Å². The summed E-state index contributed by atoms with van der Waals surface area (Å²) in [4.78, 5) is 4.49. The SMILES string of the molecule is CC(C)C(CN)C1(c2ccccn2)COC1. The highest BCUT2D eigenvalue weighted by molar-refractivity contribution is 5.22. The third-order valence-electron chi connectivity index (χ3n) is 3.66. The Morgan fingerprint density at radius 1 is 1.44 bits per heavy atom. The molecule has 3 heteroatoms. The van der Waals surface area contributed by atoms with Crippen LogP contribution >= 0.6 is 0 Å². The summed E-state index contributed by atoms with van der Waals surface area (Å²) in [6, 6.07) is 6.08. The van der Waals surface area contributed by atoms with E-state index in [1.165, 1.54) is 0 Å². The molecule has 1 unspecified atom stereocenters. The summed E-state index contributed by atoms with van der Waals surface area (Å²) in [5.41, 5.74) is 7.10. The monoisotopic (exact) mass is 220 g/mol. The Morgan fingerprint density at radius 2 is 2.19 bits per heavy atom. The predicted molar refractivity (Wildman–Crippen MR) is 64.1 cm³/mol. The third-order valence-corrected chi connectivity index (χ3v) is 3.66. The standard InChI is InChI=1S/C13H20N2O/c1-10(2)11(7-14)13(8-16-9-13)12-5-3-4-6-15-12/h3-6,10-11H,7-9,14H2,1-2H3. The molecule has 1 aromatic heterocycles. The minimum atomic E-state index is 0.0458. The number of nitrogens with two attached hydrogens (primary N) is 1. The van der Waals surface area contributed by atoms with Crippen LogP contribution < -0.4 is 5.73 Å². The molecule has 16 heavy (non-hydrogen) atoms. The molecule has 0 saturated carbocycles. The van der Waals surface area contributed by atoms with Crippen LogP contribution in [-0.2, 0) is 10.2 Å². The van der Waals surface area contributed by atoms with Gasteiger partial charge < -0.3 is 10.5 Å². The zero-order chi connectivity index (χ0) is 11.6. The van der Waals surface area contributed by atoms with Gasteiger partial charge in [0.25, 0.3) is 0 Å². The number of ether oxygens (including phenoxy) is 1. The molecule has 1 aliphatic rings. The highest BCUT2D eigenvalue weighted by Gasteiger charge is 2.48. The first kappa shape index (κ1) is 11.6. The normalized spacial score (nSPS) is 20.5. The summed E-state index contributed by atoms with van der Waals surface area (Å²) in [5.74, 6) is 0.993. The van der Waals surface area contributed by atoms with E-state index in [2.05, 4.69) is 24.9 Å². The maximum Gasteiger partial charge on any atom is 0.0635 e. The lowest BCUT2D eigenvalue weighted by molar-refractivity contribution is -0.100. The second kappa shape index (κ2) is 4.52. The van der Waals surface area contributed by atoms with Crippen LogP contribution in [0.4, 0.5) is 0 Å². The Labute approximate surface area is 97.0 Å². The van der Waals surface area contributed by atoms with E-state index in [-0.39, 0.29) is 5.41 Å². The van der Waals surface area contributed by atoms with E-state index < -0.39 is 0 Å². The summed E-state index contributed by atoms with van der Waals surface area (Å²) < 4.78 is 5.43. The molecule has 1 fully saturated rings. The van der Waals surface area contributed by atoms with Crippen LogP contribution in [0.25, 0.3) is 0 Å². The number of rotatable bonds is 4. The van der Waals surface area contributed by atoms with Gasteiger partial charge in [-0.05, 0) is 30.5 Å². The van der Waals surface area contributed by atoms with Gasteiger partial charge in [-0.3, -0.25) is 4.98 Å². The van der Waals surface area contributed by atoms with Gasteiger partial charge in [-0.15, -0.1) is 0 Å². The number of aromatic nitrogens is 1. The largest absolute Gasteiger partial charge is 0.379 e. The summed E-state index contributed by atoms with van der Waals surface area (Å²) in [6.07, 6.45) is 1.85. The van der Waals surface area contributed by atoms with Gasteiger partial charge in [0.15, 0.2) is 0 Å². The van der Waals surface area contributed by atoms with Gasteiger partial charge in [0.2, 0.25) is 0 Å². The van der Waals surface area contributed by atoms with Crippen LogP contribution in [0.3, 0.4) is 0 Å². The van der Waals surface area contributed by atoms with Crippen molar-refractivity contribution in [3.63, 3.8) is 0 Å². The molecule has 0 bridgehead atoms. The lowest BCUT2D eigenvalue weighted by Crippen LogP contribution is -2.56. The Morgan fingerprint density at radius 3 is 2.56 bits per heavy atom. The van der Waals surface area contributed by atoms with Gasteiger partial charge in [-0.1, -0.05) is 19.9 Å². The second-order valence-corrected chi connectivity index (χ2v) is 4.95. The first-order chi connectivity index (χ1) is 7.70. The Bertz CT molecular complexity index is 333. The van der Waals surface area contributed by atoms with Gasteiger partial charge in [-0.2, -0.15) is 0 Å². The van der Waals surface area contributed by atoms with E-state index in [9.17, 15) is 0 Å². The van der Waals surface area contributed by atoms with Crippen LogP contribution in [0.2, 0.25) is 0 Å². The third kappa shape index (κ3) is 1.74. The zero-order valence-electron chi connectivity index (χ0n) is 10.0. The van der Waals surface area contributed by atoms with E-state index in [4.69, 9.17) is 10.5 Å². The van der Waals surface area contributed by atoms with Crippen molar-refractivity contribution in [1.82, 2.24) is 4.98 Å². The second-order valence-electron chi connectivity index (χ2n) is 4.95. The minimum absolute atomic E-state index is 0.0458. The van der Waals surface area contributed by atoms with Crippen LogP contribution in [0.15, 0.2) is 24.4 Å². The molecular formula is C13H20N2O. The van der Waals surface area contributed by atoms with E-state index >= 15 is 0 Å². The fraction of sp³-hybridized carbons (Fsp3) is 0.615. The first-order valence-corrected chi connectivity index (χ1v) is 5.90. The minimum Gasteiger partial charge on any atom is -0.379 e. The fourth-order valence-corrected chi connectivity index (χ4v) is 2.67.